The predicted molar refractivity (Wildman–Crippen MR) is 143 cm³/mol. The van der Waals surface area contributed by atoms with E-state index >= 15 is 0 Å². The fourth-order valence-electron chi connectivity index (χ4n) is 11.3. The highest BCUT2D eigenvalue weighted by Gasteiger charge is 2.88. The van der Waals surface area contributed by atoms with E-state index in [0.717, 1.165) is 36.8 Å². The minimum absolute atomic E-state index is 0.0281. The Kier molecular flexibility index (Phi) is 4.70. The average Bonchev–Trinajstić information content (AvgIpc) is 3.59. The summed E-state index contributed by atoms with van der Waals surface area (Å²) in [7, 11) is 0. The first-order valence-electron chi connectivity index (χ1n) is 15.0. The van der Waals surface area contributed by atoms with Crippen LogP contribution < -0.4 is 0 Å². The first-order chi connectivity index (χ1) is 18.9. The fourth-order valence-corrected chi connectivity index (χ4v) is 11.3. The number of hydrogen-bond acceptors (Lipinski definition) is 7. The van der Waals surface area contributed by atoms with Gasteiger partial charge in [0.15, 0.2) is 5.79 Å². The van der Waals surface area contributed by atoms with Crippen LogP contribution in [0.5, 0.6) is 0 Å². The van der Waals surface area contributed by atoms with Crippen molar-refractivity contribution in [2.45, 2.75) is 94.4 Å². The van der Waals surface area contributed by atoms with Crippen LogP contribution in [0, 0.1) is 40.9 Å². The quantitative estimate of drug-likeness (QED) is 0.246. The fraction of sp³-hybridized carbons (Fsp3) is 0.667. The monoisotopic (exact) mass is 546 g/mol. The van der Waals surface area contributed by atoms with Gasteiger partial charge in [-0.3, -0.25) is 4.79 Å². The third kappa shape index (κ3) is 2.60. The van der Waals surface area contributed by atoms with Crippen LogP contribution in [0.1, 0.15) is 65.2 Å². The zero-order valence-electron chi connectivity index (χ0n) is 23.5. The Labute approximate surface area is 235 Å². The second-order valence-corrected chi connectivity index (χ2v) is 14.3. The van der Waals surface area contributed by atoms with E-state index in [9.17, 15) is 14.4 Å². The van der Waals surface area contributed by atoms with Gasteiger partial charge in [0.1, 0.15) is 29.2 Å². The Morgan fingerprint density at radius 2 is 1.30 bits per heavy atom. The molecule has 8 aliphatic rings. The van der Waals surface area contributed by atoms with E-state index < -0.39 is 34.6 Å². The van der Waals surface area contributed by atoms with E-state index in [1.807, 2.05) is 13.8 Å². The van der Waals surface area contributed by atoms with E-state index in [2.05, 4.69) is 26.3 Å². The molecule has 7 nitrogen and oxygen atoms in total. The minimum Gasteiger partial charge on any atom is -0.458 e. The van der Waals surface area contributed by atoms with Crippen molar-refractivity contribution in [3.63, 3.8) is 0 Å². The Morgan fingerprint density at radius 3 is 1.93 bits per heavy atom. The van der Waals surface area contributed by atoms with E-state index in [1.54, 1.807) is 0 Å². The number of fused-ring (bicyclic) bond motifs is 7. The van der Waals surface area contributed by atoms with E-state index in [4.69, 9.17) is 18.9 Å². The molecule has 0 aromatic carbocycles. The summed E-state index contributed by atoms with van der Waals surface area (Å²) >= 11 is 0. The summed E-state index contributed by atoms with van der Waals surface area (Å²) in [6, 6.07) is 0. The molecule has 0 aromatic rings. The van der Waals surface area contributed by atoms with Gasteiger partial charge in [-0.25, -0.2) is 9.59 Å². The number of allylic oxidation sites excluding steroid dienone is 2. The van der Waals surface area contributed by atoms with E-state index in [1.165, 1.54) is 0 Å². The van der Waals surface area contributed by atoms with Crippen LogP contribution in [0.4, 0.5) is 0 Å². The van der Waals surface area contributed by atoms with Crippen molar-refractivity contribution in [2.75, 3.05) is 0 Å². The lowest BCUT2D eigenvalue weighted by molar-refractivity contribution is -0.218. The molecule has 5 saturated carbocycles. The molecule has 3 aliphatic heterocycles. The molecule has 212 valence electrons. The summed E-state index contributed by atoms with van der Waals surface area (Å²) in [5.41, 5.74) is 0.436. The molecule has 0 radical (unpaired) electrons. The standard InChI is InChI=1S/C33H38O7/c1-15-7-9-19-17(3)28(35)37-26(19)24-21(15)13-23(34)31(24)11-12-32-25-22(14-33(31,32)40-30(5,6)39-32)16(2)8-10-20-18(4)29(36)38-27(20)25/h19-22,24-27H,1-4,7-14H2,5-6H3/t19-,20-,21-,22-,24?,25-,26-,27-,31+,32-,33-/m0/s1. The summed E-state index contributed by atoms with van der Waals surface area (Å²) in [4.78, 5) is 40.4. The maximum atomic E-state index is 14.7. The molecular formula is C33H38O7. The number of ketones is 1. The van der Waals surface area contributed by atoms with Crippen molar-refractivity contribution in [3.8, 4) is 0 Å². The number of esters is 2. The summed E-state index contributed by atoms with van der Waals surface area (Å²) in [6.45, 7) is 21.0. The van der Waals surface area contributed by atoms with Crippen LogP contribution in [0.15, 0.2) is 48.6 Å². The normalized spacial score (nSPS) is 52.0. The molecule has 8 fully saturated rings. The molecule has 5 aliphatic carbocycles. The zero-order valence-corrected chi connectivity index (χ0v) is 23.5. The molecule has 0 aromatic heterocycles. The molecule has 3 saturated heterocycles. The zero-order chi connectivity index (χ0) is 28.1. The van der Waals surface area contributed by atoms with Crippen molar-refractivity contribution < 1.29 is 33.3 Å². The average molecular weight is 547 g/mol. The van der Waals surface area contributed by atoms with Crippen molar-refractivity contribution >= 4 is 17.7 Å². The highest BCUT2D eigenvalue weighted by Crippen LogP contribution is 2.79. The molecule has 8 rings (SSSR count). The van der Waals surface area contributed by atoms with E-state index in [-0.39, 0.29) is 53.2 Å². The lowest BCUT2D eigenvalue weighted by Gasteiger charge is -2.48. The van der Waals surface area contributed by atoms with Gasteiger partial charge in [-0.15, -0.1) is 0 Å². The topological polar surface area (TPSA) is 88.1 Å². The van der Waals surface area contributed by atoms with Crippen molar-refractivity contribution in [2.24, 2.45) is 40.9 Å². The van der Waals surface area contributed by atoms with Crippen molar-refractivity contribution in [1.29, 1.82) is 0 Å². The minimum atomic E-state index is -0.970. The van der Waals surface area contributed by atoms with Crippen LogP contribution in [-0.4, -0.2) is 46.9 Å². The largest absolute Gasteiger partial charge is 0.458 e. The predicted octanol–water partition coefficient (Wildman–Crippen LogP) is 4.76. The second-order valence-electron chi connectivity index (χ2n) is 14.3. The van der Waals surface area contributed by atoms with Gasteiger partial charge in [0.2, 0.25) is 0 Å². The Bertz CT molecular complexity index is 1360. The second kappa shape index (κ2) is 7.46. The number of Topliss-reactive ketones (excluding diaryl/α,β-unsaturated/α-hetero) is 1. The third-order valence-electron chi connectivity index (χ3n) is 12.5. The summed E-state index contributed by atoms with van der Waals surface area (Å²) in [6.07, 6.45) is 4.29. The van der Waals surface area contributed by atoms with Gasteiger partial charge in [-0.05, 0) is 70.6 Å². The maximum Gasteiger partial charge on any atom is 0.334 e. The maximum absolute atomic E-state index is 14.7. The van der Waals surface area contributed by atoms with E-state index in [0.29, 0.717) is 36.8 Å². The SMILES string of the molecule is C=C1CC[C@H]2C(=C)C(=O)O[C@@H]2C2[C@H]1CC(=O)[C@]21CC[C@@]23OC(C)(C)O[C@]21C[C@H]1C(=C)CC[C@H]2C(=C)C(=O)O[C@@H]2[C@H]13. The van der Waals surface area contributed by atoms with Gasteiger partial charge in [0, 0.05) is 41.2 Å². The first-order valence-corrected chi connectivity index (χ1v) is 15.0. The first kappa shape index (κ1) is 25.2. The number of carbonyl (C=O) groups is 3. The van der Waals surface area contributed by atoms with Crippen LogP contribution in [0.3, 0.4) is 0 Å². The Morgan fingerprint density at radius 1 is 0.725 bits per heavy atom. The van der Waals surface area contributed by atoms with Gasteiger partial charge in [-0.2, -0.15) is 0 Å². The van der Waals surface area contributed by atoms with Crippen LogP contribution in [0.2, 0.25) is 0 Å². The van der Waals surface area contributed by atoms with Crippen LogP contribution >= 0.6 is 0 Å². The molecule has 0 amide bonds. The Hall–Kier alpha value is -2.51. The van der Waals surface area contributed by atoms with Crippen LogP contribution in [0.25, 0.3) is 0 Å². The van der Waals surface area contributed by atoms with Gasteiger partial charge < -0.3 is 18.9 Å². The number of ether oxygens (including phenoxy) is 4. The molecule has 11 atom stereocenters. The molecular weight excluding hydrogens is 508 g/mol. The van der Waals surface area contributed by atoms with Crippen LogP contribution in [-0.2, 0) is 33.3 Å². The van der Waals surface area contributed by atoms with Gasteiger partial charge in [0.25, 0.3) is 0 Å². The number of rotatable bonds is 0. The van der Waals surface area contributed by atoms with Crippen molar-refractivity contribution in [1.82, 2.24) is 0 Å². The summed E-state index contributed by atoms with van der Waals surface area (Å²) in [5.74, 6) is -2.32. The summed E-state index contributed by atoms with van der Waals surface area (Å²) in [5, 5.41) is 0. The third-order valence-corrected chi connectivity index (χ3v) is 12.5. The highest BCUT2D eigenvalue weighted by atomic mass is 16.8. The molecule has 0 N–H and O–H groups in total. The molecule has 7 heteroatoms. The van der Waals surface area contributed by atoms with Gasteiger partial charge in [-0.1, -0.05) is 37.5 Å². The summed E-state index contributed by atoms with van der Waals surface area (Å²) < 4.78 is 26.5. The molecule has 3 heterocycles. The lowest BCUT2D eigenvalue weighted by Crippen LogP contribution is -2.62. The molecule has 1 unspecified atom stereocenters. The van der Waals surface area contributed by atoms with Gasteiger partial charge in [0.05, 0.1) is 5.41 Å². The molecule has 1 spiro atoms. The number of hydrogen-bond donors (Lipinski definition) is 0. The molecule has 0 bridgehead atoms. The molecule has 40 heavy (non-hydrogen) atoms. The van der Waals surface area contributed by atoms with Gasteiger partial charge >= 0.3 is 11.9 Å². The Balaban J connectivity index is 1.35. The van der Waals surface area contributed by atoms with Crippen molar-refractivity contribution in [3.05, 3.63) is 48.6 Å². The highest BCUT2D eigenvalue weighted by molar-refractivity contribution is 5.94. The smallest absolute Gasteiger partial charge is 0.334 e. The number of carbonyl (C=O) groups excluding carboxylic acids is 3. The lowest BCUT2D eigenvalue weighted by atomic mass is 9.59.